The van der Waals surface area contributed by atoms with Gasteiger partial charge in [0, 0.05) is 24.0 Å². The molecule has 7 nitrogen and oxygen atoms in total. The van der Waals surface area contributed by atoms with Gasteiger partial charge in [0.15, 0.2) is 0 Å². The van der Waals surface area contributed by atoms with Crippen LogP contribution in [0, 0.1) is 0 Å². The molecule has 0 spiro atoms. The molecule has 0 bridgehead atoms. The Morgan fingerprint density at radius 1 is 1.03 bits per heavy atom. The highest BCUT2D eigenvalue weighted by Gasteiger charge is 2.21. The number of para-hydroxylation sites is 1. The smallest absolute Gasteiger partial charge is 0.218 e. The summed E-state index contributed by atoms with van der Waals surface area (Å²) in [5.41, 5.74) is 1.42. The van der Waals surface area contributed by atoms with E-state index in [4.69, 9.17) is 11.6 Å². The lowest BCUT2D eigenvalue weighted by molar-refractivity contribution is 0.405. The zero-order chi connectivity index (χ0) is 22.4. The third-order valence-corrected chi connectivity index (χ3v) is 6.81. The van der Waals surface area contributed by atoms with Gasteiger partial charge in [-0.2, -0.15) is 4.31 Å². The number of sulfonamides is 1. The molecule has 0 saturated heterocycles. The van der Waals surface area contributed by atoms with Crippen LogP contribution in [0.3, 0.4) is 0 Å². The van der Waals surface area contributed by atoms with Crippen molar-refractivity contribution in [2.24, 2.45) is 0 Å². The molecule has 0 atom stereocenters. The van der Waals surface area contributed by atoms with Crippen LogP contribution in [0.4, 0.5) is 5.82 Å². The Morgan fingerprint density at radius 2 is 1.81 bits per heavy atom. The molecule has 1 aromatic heterocycles. The standard InChI is InChI=1S/C22H28ClN5O2S/c1-27(2)13-7-12-24-22-19-10-4-5-11-20(19)25-21(26-22)15-28(3)31(29,30)16-17-8-6-9-18(23)14-17/h4-6,8-11,14H,7,12-13,15-16H2,1-3H3,(H,24,25,26). The number of aromatic nitrogens is 2. The van der Waals surface area contributed by atoms with Crippen molar-refractivity contribution >= 4 is 38.3 Å². The average molecular weight is 462 g/mol. The largest absolute Gasteiger partial charge is 0.369 e. The van der Waals surface area contributed by atoms with Crippen molar-refractivity contribution < 1.29 is 8.42 Å². The van der Waals surface area contributed by atoms with Gasteiger partial charge in [-0.15, -0.1) is 0 Å². The van der Waals surface area contributed by atoms with E-state index in [1.165, 1.54) is 4.31 Å². The van der Waals surface area contributed by atoms with Crippen LogP contribution in [0.15, 0.2) is 48.5 Å². The van der Waals surface area contributed by atoms with Crippen LogP contribution in [0.25, 0.3) is 10.9 Å². The van der Waals surface area contributed by atoms with Crippen LogP contribution in [-0.4, -0.2) is 61.8 Å². The van der Waals surface area contributed by atoms with E-state index in [-0.39, 0.29) is 12.3 Å². The maximum absolute atomic E-state index is 12.8. The van der Waals surface area contributed by atoms with Gasteiger partial charge in [0.05, 0.1) is 17.8 Å². The molecule has 0 aliphatic rings. The number of nitrogens with zero attached hydrogens (tertiary/aromatic N) is 4. The molecule has 0 saturated carbocycles. The van der Waals surface area contributed by atoms with Gasteiger partial charge < -0.3 is 10.2 Å². The fourth-order valence-electron chi connectivity index (χ4n) is 3.18. The van der Waals surface area contributed by atoms with Gasteiger partial charge in [-0.25, -0.2) is 18.4 Å². The fraction of sp³-hybridized carbons (Fsp3) is 0.364. The second kappa shape index (κ2) is 10.4. The van der Waals surface area contributed by atoms with Crippen molar-refractivity contribution in [3.05, 3.63) is 64.9 Å². The Morgan fingerprint density at radius 3 is 2.55 bits per heavy atom. The van der Waals surface area contributed by atoms with E-state index in [0.717, 1.165) is 36.2 Å². The summed E-state index contributed by atoms with van der Waals surface area (Å²) in [6.07, 6.45) is 0.967. The Labute approximate surface area is 189 Å². The molecular formula is C22H28ClN5O2S. The molecule has 9 heteroatoms. The second-order valence-corrected chi connectivity index (χ2v) is 10.2. The molecule has 0 radical (unpaired) electrons. The van der Waals surface area contributed by atoms with E-state index in [2.05, 4.69) is 20.2 Å². The van der Waals surface area contributed by atoms with E-state index >= 15 is 0 Å². The summed E-state index contributed by atoms with van der Waals surface area (Å²) in [5.74, 6) is 1.04. The third kappa shape index (κ3) is 6.61. The first kappa shape index (κ1) is 23.4. The highest BCUT2D eigenvalue weighted by Crippen LogP contribution is 2.21. The Bertz CT molecular complexity index is 1140. The zero-order valence-electron chi connectivity index (χ0n) is 18.0. The van der Waals surface area contributed by atoms with Crippen LogP contribution in [0.1, 0.15) is 17.8 Å². The van der Waals surface area contributed by atoms with Crippen LogP contribution < -0.4 is 5.32 Å². The molecule has 31 heavy (non-hydrogen) atoms. The summed E-state index contributed by atoms with van der Waals surface area (Å²) < 4.78 is 27.0. The fourth-order valence-corrected chi connectivity index (χ4v) is 4.52. The van der Waals surface area contributed by atoms with Gasteiger partial charge in [-0.1, -0.05) is 35.9 Å². The number of halogens is 1. The normalized spacial score (nSPS) is 12.1. The summed E-state index contributed by atoms with van der Waals surface area (Å²) in [4.78, 5) is 11.3. The van der Waals surface area contributed by atoms with E-state index in [9.17, 15) is 8.42 Å². The van der Waals surface area contributed by atoms with Crippen LogP contribution in [0.2, 0.25) is 5.02 Å². The van der Waals surface area contributed by atoms with Gasteiger partial charge in [0.2, 0.25) is 10.0 Å². The lowest BCUT2D eigenvalue weighted by atomic mass is 10.2. The number of fused-ring (bicyclic) bond motifs is 1. The predicted molar refractivity (Wildman–Crippen MR) is 127 cm³/mol. The minimum Gasteiger partial charge on any atom is -0.369 e. The second-order valence-electron chi connectivity index (χ2n) is 7.73. The van der Waals surface area contributed by atoms with Crippen molar-refractivity contribution in [2.45, 2.75) is 18.7 Å². The van der Waals surface area contributed by atoms with E-state index < -0.39 is 10.0 Å². The highest BCUT2D eigenvalue weighted by molar-refractivity contribution is 7.88. The minimum atomic E-state index is -3.56. The summed E-state index contributed by atoms with van der Waals surface area (Å²) in [6, 6.07) is 14.6. The van der Waals surface area contributed by atoms with Gasteiger partial charge in [0.1, 0.15) is 11.6 Å². The van der Waals surface area contributed by atoms with Gasteiger partial charge in [-0.3, -0.25) is 0 Å². The van der Waals surface area contributed by atoms with E-state index in [1.54, 1.807) is 31.3 Å². The van der Waals surface area contributed by atoms with Crippen molar-refractivity contribution in [3.8, 4) is 0 Å². The van der Waals surface area contributed by atoms with Gasteiger partial charge in [-0.05, 0) is 56.9 Å². The van der Waals surface area contributed by atoms with Crippen molar-refractivity contribution in [1.82, 2.24) is 19.2 Å². The van der Waals surface area contributed by atoms with Crippen LogP contribution in [-0.2, 0) is 22.3 Å². The summed E-state index contributed by atoms with van der Waals surface area (Å²) >= 11 is 5.99. The number of anilines is 1. The summed E-state index contributed by atoms with van der Waals surface area (Å²) in [7, 11) is 2.07. The van der Waals surface area contributed by atoms with Gasteiger partial charge >= 0.3 is 0 Å². The molecule has 166 valence electrons. The first-order chi connectivity index (χ1) is 14.7. The molecule has 3 aromatic rings. The predicted octanol–water partition coefficient (Wildman–Crippen LogP) is 3.61. The molecular weight excluding hydrogens is 434 g/mol. The monoisotopic (exact) mass is 461 g/mol. The number of hydrogen-bond donors (Lipinski definition) is 1. The zero-order valence-corrected chi connectivity index (χ0v) is 19.6. The lowest BCUT2D eigenvalue weighted by Crippen LogP contribution is -2.28. The van der Waals surface area contributed by atoms with Crippen molar-refractivity contribution in [1.29, 1.82) is 0 Å². The topological polar surface area (TPSA) is 78.4 Å². The molecule has 2 aromatic carbocycles. The summed E-state index contributed by atoms with van der Waals surface area (Å²) in [5, 5.41) is 4.81. The van der Waals surface area contributed by atoms with Gasteiger partial charge in [0.25, 0.3) is 0 Å². The number of rotatable bonds is 10. The molecule has 1 heterocycles. The molecule has 3 rings (SSSR count). The quantitative estimate of drug-likeness (QED) is 0.465. The molecule has 0 fully saturated rings. The molecule has 0 unspecified atom stereocenters. The molecule has 0 amide bonds. The first-order valence-corrected chi connectivity index (χ1v) is 12.1. The Hall–Kier alpha value is -2.26. The molecule has 0 aliphatic carbocycles. The average Bonchev–Trinajstić information content (AvgIpc) is 2.70. The molecule has 0 aliphatic heterocycles. The van der Waals surface area contributed by atoms with Crippen molar-refractivity contribution in [3.63, 3.8) is 0 Å². The van der Waals surface area contributed by atoms with Crippen LogP contribution >= 0.6 is 11.6 Å². The number of benzene rings is 2. The SMILES string of the molecule is CN(C)CCCNc1nc(CN(C)S(=O)(=O)Cc2cccc(Cl)c2)nc2ccccc12. The minimum absolute atomic E-state index is 0.0834. The number of nitrogens with one attached hydrogen (secondary N) is 1. The lowest BCUT2D eigenvalue weighted by Gasteiger charge is -2.18. The summed E-state index contributed by atoms with van der Waals surface area (Å²) in [6.45, 7) is 1.81. The maximum atomic E-state index is 12.8. The van der Waals surface area contributed by atoms with E-state index in [1.807, 2.05) is 38.4 Å². The maximum Gasteiger partial charge on any atom is 0.218 e. The Kier molecular flexibility index (Phi) is 7.83. The molecule has 1 N–H and O–H groups in total. The van der Waals surface area contributed by atoms with E-state index in [0.29, 0.717) is 16.4 Å². The van der Waals surface area contributed by atoms with Crippen molar-refractivity contribution in [2.75, 3.05) is 39.5 Å². The Balaban J connectivity index is 1.78. The third-order valence-electron chi connectivity index (χ3n) is 4.80. The highest BCUT2D eigenvalue weighted by atomic mass is 35.5. The first-order valence-electron chi connectivity index (χ1n) is 10.1. The van der Waals surface area contributed by atoms with Crippen LogP contribution in [0.5, 0.6) is 0 Å². The number of hydrogen-bond acceptors (Lipinski definition) is 6.